The minimum atomic E-state index is -4.72. The number of hydrogen-bond donors (Lipinski definition) is 1. The topological polar surface area (TPSA) is 47.0 Å². The molecule has 1 fully saturated rings. The number of ether oxygens (including phenoxy) is 1. The van der Waals surface area contributed by atoms with Gasteiger partial charge in [-0.1, -0.05) is 0 Å². The van der Waals surface area contributed by atoms with E-state index < -0.39 is 6.36 Å². The summed E-state index contributed by atoms with van der Waals surface area (Å²) in [5, 5.41) is 2.82. The fourth-order valence-corrected chi connectivity index (χ4v) is 2.06. The fraction of sp³-hybridized carbons (Fsp3) is 0.308. The van der Waals surface area contributed by atoms with Gasteiger partial charge in [0.25, 0.3) is 5.56 Å². The van der Waals surface area contributed by atoms with Gasteiger partial charge in [-0.15, -0.1) is 13.2 Å². The molecule has 1 heterocycles. The van der Waals surface area contributed by atoms with Gasteiger partial charge < -0.3 is 4.74 Å². The smallest absolute Gasteiger partial charge is 0.406 e. The number of nitrogens with one attached hydrogen (secondary N) is 1. The average molecular weight is 284 g/mol. The predicted octanol–water partition coefficient (Wildman–Crippen LogP) is 2.94. The van der Waals surface area contributed by atoms with E-state index in [2.05, 4.69) is 9.84 Å². The summed E-state index contributed by atoms with van der Waals surface area (Å²) >= 11 is 0. The van der Waals surface area contributed by atoms with Gasteiger partial charge in [-0.25, -0.2) is 4.68 Å². The number of H-pyrrole nitrogens is 1. The van der Waals surface area contributed by atoms with Crippen molar-refractivity contribution < 1.29 is 17.9 Å². The van der Waals surface area contributed by atoms with Gasteiger partial charge in [0, 0.05) is 11.8 Å². The van der Waals surface area contributed by atoms with Crippen LogP contribution in [0.3, 0.4) is 0 Å². The highest BCUT2D eigenvalue weighted by Crippen LogP contribution is 2.38. The molecule has 20 heavy (non-hydrogen) atoms. The van der Waals surface area contributed by atoms with Gasteiger partial charge in [-0.3, -0.25) is 9.89 Å². The van der Waals surface area contributed by atoms with Gasteiger partial charge in [0.05, 0.1) is 5.69 Å². The molecule has 1 N–H and O–H groups in total. The number of nitrogens with zero attached hydrogens (tertiary/aromatic N) is 1. The summed E-state index contributed by atoms with van der Waals surface area (Å²) in [5.41, 5.74) is 1.04. The number of aromatic amines is 1. The number of hydrogen-bond acceptors (Lipinski definition) is 2. The average Bonchev–Trinajstić information content (AvgIpc) is 3.13. The third-order valence-electron chi connectivity index (χ3n) is 3.14. The van der Waals surface area contributed by atoms with Crippen LogP contribution in [-0.2, 0) is 0 Å². The van der Waals surface area contributed by atoms with Crippen LogP contribution in [-0.4, -0.2) is 16.1 Å². The molecule has 1 aliphatic carbocycles. The van der Waals surface area contributed by atoms with E-state index in [0.29, 0.717) is 11.6 Å². The Balaban J connectivity index is 1.86. The second-order valence-corrected chi connectivity index (χ2v) is 4.69. The van der Waals surface area contributed by atoms with E-state index in [1.807, 2.05) is 0 Å². The molecule has 106 valence electrons. The van der Waals surface area contributed by atoms with Crippen molar-refractivity contribution in [1.82, 2.24) is 9.78 Å². The largest absolute Gasteiger partial charge is 0.573 e. The molecule has 0 radical (unpaired) electrons. The van der Waals surface area contributed by atoms with Gasteiger partial charge in [0.2, 0.25) is 0 Å². The zero-order valence-electron chi connectivity index (χ0n) is 10.3. The number of rotatable bonds is 3. The third-order valence-corrected chi connectivity index (χ3v) is 3.14. The van der Waals surface area contributed by atoms with E-state index in [9.17, 15) is 18.0 Å². The molecule has 0 bridgehead atoms. The first kappa shape index (κ1) is 12.8. The van der Waals surface area contributed by atoms with E-state index in [0.717, 1.165) is 18.4 Å². The molecule has 1 saturated carbocycles. The molecule has 0 atom stereocenters. The maximum Gasteiger partial charge on any atom is 0.573 e. The van der Waals surface area contributed by atoms with Gasteiger partial charge in [0.15, 0.2) is 0 Å². The first-order chi connectivity index (χ1) is 9.44. The van der Waals surface area contributed by atoms with Crippen molar-refractivity contribution in [3.8, 4) is 11.4 Å². The minimum absolute atomic E-state index is 0.156. The fourth-order valence-electron chi connectivity index (χ4n) is 2.06. The summed E-state index contributed by atoms with van der Waals surface area (Å²) in [7, 11) is 0. The summed E-state index contributed by atoms with van der Waals surface area (Å²) in [6, 6.07) is 5.14. The summed E-state index contributed by atoms with van der Waals surface area (Å²) in [6.45, 7) is 0. The van der Waals surface area contributed by atoms with Crippen LogP contribution in [0.15, 0.2) is 35.3 Å². The van der Waals surface area contributed by atoms with Crippen LogP contribution in [0.4, 0.5) is 13.2 Å². The Morgan fingerprint density at radius 1 is 1.20 bits per heavy atom. The molecular formula is C13H11F3N2O2. The maximum atomic E-state index is 12.1. The Bertz CT molecular complexity index is 666. The van der Waals surface area contributed by atoms with Gasteiger partial charge in [-0.05, 0) is 43.0 Å². The lowest BCUT2D eigenvalue weighted by Crippen LogP contribution is -2.18. The Labute approximate surface area is 111 Å². The molecule has 0 amide bonds. The number of alkyl halides is 3. The number of benzene rings is 1. The molecule has 0 saturated heterocycles. The first-order valence-electron chi connectivity index (χ1n) is 6.10. The Morgan fingerprint density at radius 3 is 2.40 bits per heavy atom. The van der Waals surface area contributed by atoms with Crippen molar-refractivity contribution in [1.29, 1.82) is 0 Å². The standard InChI is InChI=1S/C13H11F3N2O2/c14-13(15,16)20-10-5-3-9(4-6-10)18-12(19)11(7-17-18)8-1-2-8/h3-8,17H,1-2H2. The first-order valence-corrected chi connectivity index (χ1v) is 6.10. The second-order valence-electron chi connectivity index (χ2n) is 4.69. The van der Waals surface area contributed by atoms with Crippen LogP contribution in [0, 0.1) is 0 Å². The minimum Gasteiger partial charge on any atom is -0.406 e. The van der Waals surface area contributed by atoms with Crippen molar-refractivity contribution in [3.63, 3.8) is 0 Å². The third kappa shape index (κ3) is 2.56. The van der Waals surface area contributed by atoms with E-state index in [4.69, 9.17) is 0 Å². The molecule has 1 aromatic carbocycles. The zero-order chi connectivity index (χ0) is 14.3. The summed E-state index contributed by atoms with van der Waals surface area (Å²) in [5.74, 6) is -0.00360. The lowest BCUT2D eigenvalue weighted by atomic mass is 10.2. The lowest BCUT2D eigenvalue weighted by Gasteiger charge is -2.09. The van der Waals surface area contributed by atoms with Crippen LogP contribution in [0.2, 0.25) is 0 Å². The molecule has 2 aromatic rings. The number of halogens is 3. The quantitative estimate of drug-likeness (QED) is 0.942. The molecule has 0 aliphatic heterocycles. The van der Waals surface area contributed by atoms with Crippen molar-refractivity contribution in [2.45, 2.75) is 25.1 Å². The SMILES string of the molecule is O=c1c(C2CC2)c[nH]n1-c1ccc(OC(F)(F)F)cc1. The van der Waals surface area contributed by atoms with Crippen LogP contribution in [0.5, 0.6) is 5.75 Å². The van der Waals surface area contributed by atoms with Crippen LogP contribution >= 0.6 is 0 Å². The molecular weight excluding hydrogens is 273 g/mol. The van der Waals surface area contributed by atoms with Crippen LogP contribution in [0.1, 0.15) is 24.3 Å². The van der Waals surface area contributed by atoms with Crippen molar-refractivity contribution in [3.05, 3.63) is 46.4 Å². The monoisotopic (exact) mass is 284 g/mol. The van der Waals surface area contributed by atoms with E-state index in [-0.39, 0.29) is 11.3 Å². The molecule has 0 spiro atoms. The van der Waals surface area contributed by atoms with E-state index >= 15 is 0 Å². The van der Waals surface area contributed by atoms with Crippen molar-refractivity contribution in [2.75, 3.05) is 0 Å². The Kier molecular flexibility index (Phi) is 2.84. The van der Waals surface area contributed by atoms with Crippen molar-refractivity contribution in [2.24, 2.45) is 0 Å². The lowest BCUT2D eigenvalue weighted by molar-refractivity contribution is -0.274. The Morgan fingerprint density at radius 2 is 1.85 bits per heavy atom. The van der Waals surface area contributed by atoms with Crippen LogP contribution in [0.25, 0.3) is 5.69 Å². The highest BCUT2D eigenvalue weighted by molar-refractivity contribution is 5.37. The second kappa shape index (κ2) is 4.43. The summed E-state index contributed by atoms with van der Waals surface area (Å²) in [4.78, 5) is 12.1. The van der Waals surface area contributed by atoms with E-state index in [1.165, 1.54) is 28.9 Å². The van der Waals surface area contributed by atoms with Gasteiger partial charge in [-0.2, -0.15) is 0 Å². The number of aromatic nitrogens is 2. The highest BCUT2D eigenvalue weighted by atomic mass is 19.4. The Hall–Kier alpha value is -2.18. The summed E-state index contributed by atoms with van der Waals surface area (Å²) < 4.78 is 41.2. The predicted molar refractivity (Wildman–Crippen MR) is 65.0 cm³/mol. The molecule has 1 aliphatic rings. The maximum absolute atomic E-state index is 12.1. The zero-order valence-corrected chi connectivity index (χ0v) is 10.3. The molecule has 0 unspecified atom stereocenters. The van der Waals surface area contributed by atoms with Crippen LogP contribution < -0.4 is 10.3 Å². The van der Waals surface area contributed by atoms with Gasteiger partial charge in [0.1, 0.15) is 5.75 Å². The molecule has 3 rings (SSSR count). The summed E-state index contributed by atoms with van der Waals surface area (Å²) in [6.07, 6.45) is -1.05. The highest BCUT2D eigenvalue weighted by Gasteiger charge is 2.31. The molecule has 1 aromatic heterocycles. The van der Waals surface area contributed by atoms with Crippen molar-refractivity contribution >= 4 is 0 Å². The normalized spacial score (nSPS) is 15.3. The molecule has 4 nitrogen and oxygen atoms in total. The van der Waals surface area contributed by atoms with Gasteiger partial charge >= 0.3 is 6.36 Å². The molecule has 7 heteroatoms. The van der Waals surface area contributed by atoms with E-state index in [1.54, 1.807) is 6.20 Å².